The van der Waals surface area contributed by atoms with Gasteiger partial charge in [-0.2, -0.15) is 0 Å². The van der Waals surface area contributed by atoms with Crippen LogP contribution in [0, 0.1) is 5.92 Å². The van der Waals surface area contributed by atoms with Gasteiger partial charge in [0.25, 0.3) is 0 Å². The van der Waals surface area contributed by atoms with E-state index in [0.717, 1.165) is 6.42 Å². The second-order valence-electron chi connectivity index (χ2n) is 2.55. The number of hydrogen-bond donors (Lipinski definition) is 1. The van der Waals surface area contributed by atoms with Crippen molar-refractivity contribution in [1.82, 2.24) is 0 Å². The lowest BCUT2D eigenvalue weighted by molar-refractivity contribution is 0.739. The van der Waals surface area contributed by atoms with Crippen LogP contribution in [-0.2, 0) is 0 Å². The van der Waals surface area contributed by atoms with Gasteiger partial charge in [0.1, 0.15) is 0 Å². The minimum absolute atomic E-state index is 0.620. The first-order chi connectivity index (χ1) is 4.22. The summed E-state index contributed by atoms with van der Waals surface area (Å²) in [5, 5.41) is 0. The molecule has 0 aliphatic carbocycles. The highest BCUT2D eigenvalue weighted by atomic mass is 14.5. The fraction of sp³-hybridized carbons (Fsp3) is 0.750. The first-order valence-electron chi connectivity index (χ1n) is 3.61. The van der Waals surface area contributed by atoms with Gasteiger partial charge in [0.2, 0.25) is 0 Å². The van der Waals surface area contributed by atoms with Gasteiger partial charge in [0.15, 0.2) is 0 Å². The molecule has 0 aromatic rings. The summed E-state index contributed by atoms with van der Waals surface area (Å²) in [6.45, 7) is 7.20. The number of nitrogens with two attached hydrogens (primary N) is 1. The molecule has 0 bridgehead atoms. The summed E-state index contributed by atoms with van der Waals surface area (Å²) in [5.74, 6) is 0.620. The fourth-order valence-corrected chi connectivity index (χ4v) is 0.817. The highest BCUT2D eigenvalue weighted by molar-refractivity contribution is 5.05. The van der Waals surface area contributed by atoms with Crippen molar-refractivity contribution in [3.63, 3.8) is 0 Å². The Labute approximate surface area is 57.9 Å². The van der Waals surface area contributed by atoms with Crippen LogP contribution < -0.4 is 5.73 Å². The van der Waals surface area contributed by atoms with Gasteiger partial charge < -0.3 is 5.73 Å². The Morgan fingerprint density at radius 1 is 1.56 bits per heavy atom. The molecule has 0 aliphatic rings. The smallest absolute Gasteiger partial charge is 0.0139 e. The van der Waals surface area contributed by atoms with Crippen LogP contribution in [0.5, 0.6) is 0 Å². The number of hydrogen-bond acceptors (Lipinski definition) is 1. The van der Waals surface area contributed by atoms with E-state index in [1.54, 1.807) is 0 Å². The van der Waals surface area contributed by atoms with Gasteiger partial charge >= 0.3 is 0 Å². The molecule has 9 heavy (non-hydrogen) atoms. The second-order valence-corrected chi connectivity index (χ2v) is 2.55. The summed E-state index contributed by atoms with van der Waals surface area (Å²) in [6.07, 6.45) is 3.31. The maximum absolute atomic E-state index is 5.49. The van der Waals surface area contributed by atoms with E-state index in [-0.39, 0.29) is 0 Å². The Hall–Kier alpha value is -0.300. The molecule has 0 aromatic heterocycles. The predicted octanol–water partition coefficient (Wildman–Crippen LogP) is 1.94. The van der Waals surface area contributed by atoms with Crippen LogP contribution in [0.2, 0.25) is 0 Å². The van der Waals surface area contributed by atoms with Gasteiger partial charge in [-0.25, -0.2) is 0 Å². The van der Waals surface area contributed by atoms with Gasteiger partial charge in [0, 0.05) is 6.54 Å². The zero-order valence-corrected chi connectivity index (χ0v) is 6.65. The quantitative estimate of drug-likeness (QED) is 0.576. The maximum atomic E-state index is 5.49. The van der Waals surface area contributed by atoms with Crippen molar-refractivity contribution in [3.8, 4) is 0 Å². The van der Waals surface area contributed by atoms with Crippen LogP contribution in [0.3, 0.4) is 0 Å². The van der Waals surface area contributed by atoms with E-state index >= 15 is 0 Å². The van der Waals surface area contributed by atoms with Crippen molar-refractivity contribution in [2.75, 3.05) is 6.54 Å². The van der Waals surface area contributed by atoms with Crippen LogP contribution in [0.25, 0.3) is 0 Å². The lowest BCUT2D eigenvalue weighted by atomic mass is 10.0. The highest BCUT2D eigenvalue weighted by Gasteiger charge is 1.97. The Kier molecular flexibility index (Phi) is 4.41. The van der Waals surface area contributed by atoms with Crippen molar-refractivity contribution < 1.29 is 0 Å². The van der Waals surface area contributed by atoms with E-state index in [0.29, 0.717) is 12.5 Å². The molecule has 54 valence electrons. The van der Waals surface area contributed by atoms with E-state index < -0.39 is 0 Å². The molecule has 2 N–H and O–H groups in total. The molecule has 0 unspecified atom stereocenters. The normalized spacial score (nSPS) is 12.8. The molecule has 0 spiro atoms. The molecular formula is C8H17N. The molecular weight excluding hydrogens is 110 g/mol. The SMILES string of the molecule is CC/C=C(\CN)C(C)C. The molecule has 1 heteroatoms. The second kappa shape index (κ2) is 4.57. The van der Waals surface area contributed by atoms with E-state index in [1.165, 1.54) is 5.57 Å². The Balaban J connectivity index is 3.81. The third kappa shape index (κ3) is 3.31. The van der Waals surface area contributed by atoms with Crippen molar-refractivity contribution in [3.05, 3.63) is 11.6 Å². The van der Waals surface area contributed by atoms with E-state index in [9.17, 15) is 0 Å². The fourth-order valence-electron chi connectivity index (χ4n) is 0.817. The van der Waals surface area contributed by atoms with Gasteiger partial charge in [0.05, 0.1) is 0 Å². The van der Waals surface area contributed by atoms with Crippen molar-refractivity contribution in [1.29, 1.82) is 0 Å². The van der Waals surface area contributed by atoms with E-state index in [2.05, 4.69) is 26.8 Å². The molecule has 1 nitrogen and oxygen atoms in total. The Morgan fingerprint density at radius 3 is 2.22 bits per heavy atom. The summed E-state index contributed by atoms with van der Waals surface area (Å²) >= 11 is 0. The Morgan fingerprint density at radius 2 is 2.11 bits per heavy atom. The maximum Gasteiger partial charge on any atom is 0.0139 e. The molecule has 0 rings (SSSR count). The summed E-state index contributed by atoms with van der Waals surface area (Å²) < 4.78 is 0. The van der Waals surface area contributed by atoms with Crippen molar-refractivity contribution in [2.24, 2.45) is 11.7 Å². The van der Waals surface area contributed by atoms with Crippen LogP contribution in [0.4, 0.5) is 0 Å². The number of rotatable bonds is 3. The van der Waals surface area contributed by atoms with Gasteiger partial charge in [-0.1, -0.05) is 32.4 Å². The molecule has 0 saturated carbocycles. The summed E-state index contributed by atoms with van der Waals surface area (Å²) in [6, 6.07) is 0. The molecule has 0 aliphatic heterocycles. The highest BCUT2D eigenvalue weighted by Crippen LogP contribution is 2.07. The van der Waals surface area contributed by atoms with Gasteiger partial charge in [-0.3, -0.25) is 0 Å². The van der Waals surface area contributed by atoms with E-state index in [1.807, 2.05) is 0 Å². The van der Waals surface area contributed by atoms with Crippen LogP contribution in [0.15, 0.2) is 11.6 Å². The monoisotopic (exact) mass is 127 g/mol. The third-order valence-electron chi connectivity index (χ3n) is 1.44. The van der Waals surface area contributed by atoms with Crippen LogP contribution in [0.1, 0.15) is 27.2 Å². The predicted molar refractivity (Wildman–Crippen MR) is 42.3 cm³/mol. The largest absolute Gasteiger partial charge is 0.327 e. The standard InChI is InChI=1S/C8H17N/c1-4-5-8(6-9)7(2)3/h5,7H,4,6,9H2,1-3H3/b8-5+. The molecule has 0 fully saturated rings. The van der Waals surface area contributed by atoms with Crippen molar-refractivity contribution >= 4 is 0 Å². The lowest BCUT2D eigenvalue weighted by Gasteiger charge is -2.06. The van der Waals surface area contributed by atoms with Gasteiger partial charge in [-0.15, -0.1) is 0 Å². The minimum atomic E-state index is 0.620. The summed E-state index contributed by atoms with van der Waals surface area (Å²) in [7, 11) is 0. The topological polar surface area (TPSA) is 26.0 Å². The molecule has 0 atom stereocenters. The molecule has 0 saturated heterocycles. The van der Waals surface area contributed by atoms with Crippen molar-refractivity contribution in [2.45, 2.75) is 27.2 Å². The van der Waals surface area contributed by atoms with Crippen LogP contribution >= 0.6 is 0 Å². The number of allylic oxidation sites excluding steroid dienone is 1. The van der Waals surface area contributed by atoms with Crippen LogP contribution in [-0.4, -0.2) is 6.54 Å². The molecule has 0 amide bonds. The molecule has 0 heterocycles. The third-order valence-corrected chi connectivity index (χ3v) is 1.44. The van der Waals surface area contributed by atoms with Gasteiger partial charge in [-0.05, 0) is 12.3 Å². The summed E-state index contributed by atoms with van der Waals surface area (Å²) in [4.78, 5) is 0. The summed E-state index contributed by atoms with van der Waals surface area (Å²) in [5.41, 5.74) is 6.86. The molecule has 0 aromatic carbocycles. The first kappa shape index (κ1) is 8.70. The molecule has 0 radical (unpaired) electrons. The average molecular weight is 127 g/mol. The minimum Gasteiger partial charge on any atom is -0.327 e. The zero-order chi connectivity index (χ0) is 7.28. The first-order valence-corrected chi connectivity index (χ1v) is 3.61. The van der Waals surface area contributed by atoms with E-state index in [4.69, 9.17) is 5.73 Å². The zero-order valence-electron chi connectivity index (χ0n) is 6.65. The lowest BCUT2D eigenvalue weighted by Crippen LogP contribution is -2.07. The average Bonchev–Trinajstić information content (AvgIpc) is 1.82. The Bertz CT molecular complexity index is 92.7.